The third-order valence-electron chi connectivity index (χ3n) is 3.83. The van der Waals surface area contributed by atoms with Gasteiger partial charge < -0.3 is 10.6 Å². The van der Waals surface area contributed by atoms with Crippen molar-refractivity contribution in [3.63, 3.8) is 0 Å². The Morgan fingerprint density at radius 1 is 1.16 bits per heavy atom. The molecule has 100 valence electrons. The molecule has 0 saturated carbocycles. The lowest BCUT2D eigenvalue weighted by Crippen LogP contribution is -2.39. The lowest BCUT2D eigenvalue weighted by Gasteiger charge is -2.24. The molecule has 2 nitrogen and oxygen atoms in total. The Labute approximate surface area is 113 Å². The van der Waals surface area contributed by atoms with Crippen molar-refractivity contribution in [3.05, 3.63) is 47.8 Å². The minimum absolute atomic E-state index is 0.152. The SMILES string of the molecule is Fc1cc(CNC2CCNCC2)c2ccccc2c1. The third-order valence-corrected chi connectivity index (χ3v) is 3.83. The molecule has 0 bridgehead atoms. The van der Waals surface area contributed by atoms with Crippen molar-refractivity contribution in [1.82, 2.24) is 10.6 Å². The highest BCUT2D eigenvalue weighted by Gasteiger charge is 2.12. The summed E-state index contributed by atoms with van der Waals surface area (Å²) in [6.07, 6.45) is 2.29. The first kappa shape index (κ1) is 12.6. The molecule has 1 aliphatic heterocycles. The van der Waals surface area contributed by atoms with Crippen LogP contribution < -0.4 is 10.6 Å². The van der Waals surface area contributed by atoms with Gasteiger partial charge in [0.15, 0.2) is 0 Å². The fourth-order valence-electron chi connectivity index (χ4n) is 2.78. The average molecular weight is 258 g/mol. The minimum Gasteiger partial charge on any atom is -0.317 e. The molecule has 2 aromatic rings. The fourth-order valence-corrected chi connectivity index (χ4v) is 2.78. The number of rotatable bonds is 3. The van der Waals surface area contributed by atoms with Gasteiger partial charge in [0.05, 0.1) is 0 Å². The monoisotopic (exact) mass is 258 g/mol. The first-order valence-electron chi connectivity index (χ1n) is 6.94. The van der Waals surface area contributed by atoms with E-state index in [9.17, 15) is 4.39 Å². The van der Waals surface area contributed by atoms with E-state index < -0.39 is 0 Å². The molecule has 1 saturated heterocycles. The highest BCUT2D eigenvalue weighted by molar-refractivity contribution is 5.85. The quantitative estimate of drug-likeness (QED) is 0.884. The summed E-state index contributed by atoms with van der Waals surface area (Å²) in [4.78, 5) is 0. The van der Waals surface area contributed by atoms with Gasteiger partial charge >= 0.3 is 0 Å². The van der Waals surface area contributed by atoms with Crippen LogP contribution >= 0.6 is 0 Å². The van der Waals surface area contributed by atoms with E-state index in [1.807, 2.05) is 18.2 Å². The average Bonchev–Trinajstić information content (AvgIpc) is 2.45. The van der Waals surface area contributed by atoms with Gasteiger partial charge in [0.2, 0.25) is 0 Å². The van der Waals surface area contributed by atoms with Crippen LogP contribution in [0, 0.1) is 5.82 Å². The number of piperidine rings is 1. The number of hydrogen-bond donors (Lipinski definition) is 2. The van der Waals surface area contributed by atoms with Gasteiger partial charge in [-0.15, -0.1) is 0 Å². The van der Waals surface area contributed by atoms with Crippen molar-refractivity contribution in [2.45, 2.75) is 25.4 Å². The molecule has 3 heteroatoms. The van der Waals surface area contributed by atoms with Crippen molar-refractivity contribution >= 4 is 10.8 Å². The Morgan fingerprint density at radius 3 is 2.79 bits per heavy atom. The summed E-state index contributed by atoms with van der Waals surface area (Å²) in [5, 5.41) is 9.02. The van der Waals surface area contributed by atoms with Crippen LogP contribution in [0.5, 0.6) is 0 Å². The number of nitrogens with one attached hydrogen (secondary N) is 2. The smallest absolute Gasteiger partial charge is 0.124 e. The van der Waals surface area contributed by atoms with Crippen LogP contribution in [0.2, 0.25) is 0 Å². The van der Waals surface area contributed by atoms with Gasteiger partial charge in [-0.2, -0.15) is 0 Å². The Hall–Kier alpha value is -1.45. The predicted octanol–water partition coefficient (Wildman–Crippen LogP) is 2.82. The Balaban J connectivity index is 1.79. The topological polar surface area (TPSA) is 24.1 Å². The predicted molar refractivity (Wildman–Crippen MR) is 76.6 cm³/mol. The fraction of sp³-hybridized carbons (Fsp3) is 0.375. The van der Waals surface area contributed by atoms with Crippen molar-refractivity contribution in [2.24, 2.45) is 0 Å². The molecule has 0 radical (unpaired) electrons. The zero-order valence-electron chi connectivity index (χ0n) is 11.0. The lowest BCUT2D eigenvalue weighted by atomic mass is 10.0. The Kier molecular flexibility index (Phi) is 3.76. The van der Waals surface area contributed by atoms with Gasteiger partial charge in [-0.3, -0.25) is 0 Å². The van der Waals surface area contributed by atoms with E-state index in [1.54, 1.807) is 12.1 Å². The van der Waals surface area contributed by atoms with E-state index in [4.69, 9.17) is 0 Å². The number of fused-ring (bicyclic) bond motifs is 1. The summed E-state index contributed by atoms with van der Waals surface area (Å²) in [6.45, 7) is 2.88. The van der Waals surface area contributed by atoms with Crippen LogP contribution in [0.15, 0.2) is 36.4 Å². The summed E-state index contributed by atoms with van der Waals surface area (Å²) in [6, 6.07) is 11.8. The third kappa shape index (κ3) is 2.94. The molecular weight excluding hydrogens is 239 g/mol. The van der Waals surface area contributed by atoms with Crippen LogP contribution in [0.25, 0.3) is 10.8 Å². The first-order chi connectivity index (χ1) is 9.33. The molecule has 2 aromatic carbocycles. The number of hydrogen-bond acceptors (Lipinski definition) is 2. The maximum absolute atomic E-state index is 13.6. The summed E-state index contributed by atoms with van der Waals surface area (Å²) in [5.74, 6) is -0.152. The number of benzene rings is 2. The van der Waals surface area contributed by atoms with Gasteiger partial charge in [-0.05, 0) is 54.4 Å². The second-order valence-corrected chi connectivity index (χ2v) is 5.19. The van der Waals surface area contributed by atoms with Gasteiger partial charge in [-0.25, -0.2) is 4.39 Å². The maximum Gasteiger partial charge on any atom is 0.124 e. The standard InChI is InChI=1S/C16H19FN2/c17-14-9-12-3-1-2-4-16(12)13(10-14)11-19-15-5-7-18-8-6-15/h1-4,9-10,15,18-19H,5-8,11H2. The highest BCUT2D eigenvalue weighted by atomic mass is 19.1. The van der Waals surface area contributed by atoms with Crippen molar-refractivity contribution in [2.75, 3.05) is 13.1 Å². The highest BCUT2D eigenvalue weighted by Crippen LogP contribution is 2.20. The summed E-state index contributed by atoms with van der Waals surface area (Å²) < 4.78 is 13.6. The molecule has 0 aliphatic carbocycles. The molecule has 19 heavy (non-hydrogen) atoms. The van der Waals surface area contributed by atoms with Gasteiger partial charge in [0, 0.05) is 12.6 Å². The molecule has 0 unspecified atom stereocenters. The summed E-state index contributed by atoms with van der Waals surface area (Å²) >= 11 is 0. The lowest BCUT2D eigenvalue weighted by molar-refractivity contribution is 0.386. The maximum atomic E-state index is 13.6. The number of halogens is 1. The molecule has 3 rings (SSSR count). The molecular formula is C16H19FN2. The molecule has 0 amide bonds. The van der Waals surface area contributed by atoms with E-state index in [0.717, 1.165) is 48.8 Å². The molecule has 1 heterocycles. The van der Waals surface area contributed by atoms with E-state index >= 15 is 0 Å². The summed E-state index contributed by atoms with van der Waals surface area (Å²) in [5.41, 5.74) is 1.05. The van der Waals surface area contributed by atoms with E-state index in [-0.39, 0.29) is 5.82 Å². The van der Waals surface area contributed by atoms with E-state index in [1.165, 1.54) is 0 Å². The molecule has 2 N–H and O–H groups in total. The summed E-state index contributed by atoms with van der Waals surface area (Å²) in [7, 11) is 0. The van der Waals surface area contributed by atoms with Crippen molar-refractivity contribution < 1.29 is 4.39 Å². The first-order valence-corrected chi connectivity index (χ1v) is 6.94. The normalized spacial score (nSPS) is 16.9. The van der Waals surface area contributed by atoms with Gasteiger partial charge in [-0.1, -0.05) is 24.3 Å². The van der Waals surface area contributed by atoms with Crippen LogP contribution in [0.3, 0.4) is 0 Å². The molecule has 1 aliphatic rings. The molecule has 0 atom stereocenters. The van der Waals surface area contributed by atoms with Crippen LogP contribution in [0.4, 0.5) is 4.39 Å². The second-order valence-electron chi connectivity index (χ2n) is 5.19. The van der Waals surface area contributed by atoms with E-state index in [0.29, 0.717) is 6.04 Å². The van der Waals surface area contributed by atoms with Crippen LogP contribution in [-0.4, -0.2) is 19.1 Å². The van der Waals surface area contributed by atoms with Gasteiger partial charge in [0.1, 0.15) is 5.82 Å². The van der Waals surface area contributed by atoms with Crippen LogP contribution in [0.1, 0.15) is 18.4 Å². The minimum atomic E-state index is -0.152. The van der Waals surface area contributed by atoms with E-state index in [2.05, 4.69) is 16.7 Å². The van der Waals surface area contributed by atoms with Crippen molar-refractivity contribution in [1.29, 1.82) is 0 Å². The zero-order valence-corrected chi connectivity index (χ0v) is 11.0. The largest absolute Gasteiger partial charge is 0.317 e. The Morgan fingerprint density at radius 2 is 1.95 bits per heavy atom. The van der Waals surface area contributed by atoms with Crippen molar-refractivity contribution in [3.8, 4) is 0 Å². The van der Waals surface area contributed by atoms with Gasteiger partial charge in [0.25, 0.3) is 0 Å². The second kappa shape index (κ2) is 5.68. The zero-order chi connectivity index (χ0) is 13.1. The molecule has 0 spiro atoms. The Bertz CT molecular complexity index is 562. The molecule has 0 aromatic heterocycles. The van der Waals surface area contributed by atoms with Crippen LogP contribution in [-0.2, 0) is 6.54 Å². The molecule has 1 fully saturated rings.